The van der Waals surface area contributed by atoms with Crippen molar-refractivity contribution in [3.05, 3.63) is 102 Å². The van der Waals surface area contributed by atoms with Gasteiger partial charge in [0.1, 0.15) is 0 Å². The molecule has 9 heteroatoms. The van der Waals surface area contributed by atoms with Crippen LogP contribution in [0.2, 0.25) is 0 Å². The van der Waals surface area contributed by atoms with Crippen LogP contribution in [0.1, 0.15) is 35.6 Å². The molecule has 0 aliphatic heterocycles. The highest BCUT2D eigenvalue weighted by atomic mass is 32.1. The van der Waals surface area contributed by atoms with E-state index in [-0.39, 0.29) is 24.8 Å². The largest absolute Gasteiger partial charge is 0.481 e. The molecule has 4 aromatic rings. The number of carbonyl (C=O) groups excluding carboxylic acids is 2. The molecule has 1 unspecified atom stereocenters. The third kappa shape index (κ3) is 7.50. The minimum absolute atomic E-state index is 0.0479. The van der Waals surface area contributed by atoms with Crippen LogP contribution in [-0.4, -0.2) is 28.0 Å². The number of thiazole rings is 1. The Hall–Kier alpha value is -4.50. The number of hydrogen-bond acceptors (Lipinski definition) is 5. The first-order valence-electron chi connectivity index (χ1n) is 12.1. The van der Waals surface area contributed by atoms with Gasteiger partial charge in [-0.1, -0.05) is 84.1 Å². The molecule has 0 spiro atoms. The van der Waals surface area contributed by atoms with Crippen molar-refractivity contribution in [1.29, 1.82) is 0 Å². The van der Waals surface area contributed by atoms with Gasteiger partial charge in [-0.15, -0.1) is 0 Å². The maximum atomic E-state index is 12.8. The lowest BCUT2D eigenvalue weighted by Crippen LogP contribution is -2.28. The summed E-state index contributed by atoms with van der Waals surface area (Å²) < 4.78 is 0. The van der Waals surface area contributed by atoms with E-state index >= 15 is 0 Å². The zero-order valence-electron chi connectivity index (χ0n) is 20.8. The zero-order chi connectivity index (χ0) is 26.9. The number of carboxylic acids is 1. The summed E-state index contributed by atoms with van der Waals surface area (Å²) in [5.41, 5.74) is 4.00. The second-order valence-electron chi connectivity index (χ2n) is 8.77. The van der Waals surface area contributed by atoms with Crippen LogP contribution in [0.5, 0.6) is 0 Å². The Morgan fingerprint density at radius 2 is 1.61 bits per heavy atom. The van der Waals surface area contributed by atoms with Crippen LogP contribution >= 0.6 is 11.3 Å². The van der Waals surface area contributed by atoms with E-state index in [0.29, 0.717) is 17.4 Å². The van der Waals surface area contributed by atoms with E-state index in [9.17, 15) is 19.5 Å². The number of urea groups is 1. The first-order valence-corrected chi connectivity index (χ1v) is 12.9. The minimum atomic E-state index is -0.951. The van der Waals surface area contributed by atoms with Crippen LogP contribution in [-0.2, 0) is 16.1 Å². The smallest absolute Gasteiger partial charge is 0.321 e. The number of nitrogens with one attached hydrogen (secondary N) is 3. The molecule has 4 rings (SSSR count). The second-order valence-corrected chi connectivity index (χ2v) is 9.76. The van der Waals surface area contributed by atoms with E-state index in [2.05, 4.69) is 20.9 Å². The van der Waals surface area contributed by atoms with Crippen LogP contribution in [0.3, 0.4) is 0 Å². The molecule has 38 heavy (non-hydrogen) atoms. The van der Waals surface area contributed by atoms with Gasteiger partial charge in [-0.25, -0.2) is 9.78 Å². The number of benzene rings is 3. The van der Waals surface area contributed by atoms with E-state index in [1.54, 1.807) is 6.07 Å². The van der Waals surface area contributed by atoms with Crippen LogP contribution in [0.15, 0.2) is 84.9 Å². The van der Waals surface area contributed by atoms with E-state index in [0.717, 1.165) is 27.3 Å². The zero-order valence-corrected chi connectivity index (χ0v) is 21.6. The first-order chi connectivity index (χ1) is 18.4. The molecular weight excluding hydrogens is 500 g/mol. The average molecular weight is 529 g/mol. The maximum absolute atomic E-state index is 12.8. The van der Waals surface area contributed by atoms with Crippen molar-refractivity contribution in [3.63, 3.8) is 0 Å². The topological polar surface area (TPSA) is 120 Å². The van der Waals surface area contributed by atoms with Gasteiger partial charge in [-0.3, -0.25) is 14.9 Å². The molecule has 0 bridgehead atoms. The average Bonchev–Trinajstić information content (AvgIpc) is 3.27. The summed E-state index contributed by atoms with van der Waals surface area (Å²) >= 11 is 1.34. The van der Waals surface area contributed by atoms with Crippen molar-refractivity contribution < 1.29 is 19.5 Å². The Bertz CT molecular complexity index is 1410. The van der Waals surface area contributed by atoms with Gasteiger partial charge in [-0.05, 0) is 35.7 Å². The van der Waals surface area contributed by atoms with E-state index in [1.165, 1.54) is 11.3 Å². The number of carbonyl (C=O) groups is 3. The van der Waals surface area contributed by atoms with Gasteiger partial charge in [0.25, 0.3) is 0 Å². The lowest BCUT2D eigenvalue weighted by Gasteiger charge is -2.15. The summed E-state index contributed by atoms with van der Waals surface area (Å²) in [5, 5.41) is 18.3. The molecule has 3 aromatic carbocycles. The molecule has 0 radical (unpaired) electrons. The fraction of sp³-hybridized carbons (Fsp3) is 0.172. The number of carboxylic acid groups (broad SMARTS) is 1. The summed E-state index contributed by atoms with van der Waals surface area (Å²) in [7, 11) is 0. The van der Waals surface area contributed by atoms with Crippen molar-refractivity contribution >= 4 is 40.1 Å². The highest BCUT2D eigenvalue weighted by Crippen LogP contribution is 2.34. The van der Waals surface area contributed by atoms with E-state index < -0.39 is 11.9 Å². The third-order valence-electron chi connectivity index (χ3n) is 5.85. The fourth-order valence-electron chi connectivity index (χ4n) is 4.06. The Labute approximate surface area is 224 Å². The molecule has 4 N–H and O–H groups in total. The number of aliphatic carboxylic acids is 1. The van der Waals surface area contributed by atoms with Gasteiger partial charge in [0.05, 0.1) is 17.0 Å². The summed E-state index contributed by atoms with van der Waals surface area (Å²) in [5.74, 6) is -1.65. The molecule has 1 heterocycles. The predicted octanol–water partition coefficient (Wildman–Crippen LogP) is 6.03. The number of aromatic nitrogens is 1. The Morgan fingerprint density at radius 3 is 2.32 bits per heavy atom. The molecule has 0 saturated heterocycles. The summed E-state index contributed by atoms with van der Waals surface area (Å²) in [6.07, 6.45) is -0.0848. The van der Waals surface area contributed by atoms with E-state index in [4.69, 9.17) is 0 Å². The standard InChI is InChI=1S/C29H28N4O4S/c1-19-27(38-29(31-19)33-28(37)30-18-20-9-4-2-5-10-20)22-13-8-14-24(15-22)32-25(34)16-23(17-26(35)36)21-11-6-3-7-12-21/h2-15,23H,16-18H2,1H3,(H,32,34)(H,35,36)(H2,30,31,33,37). The molecule has 194 valence electrons. The Morgan fingerprint density at radius 1 is 0.895 bits per heavy atom. The predicted molar refractivity (Wildman–Crippen MR) is 149 cm³/mol. The molecule has 8 nitrogen and oxygen atoms in total. The quantitative estimate of drug-likeness (QED) is 0.200. The van der Waals surface area contributed by atoms with E-state index in [1.807, 2.05) is 85.8 Å². The van der Waals surface area contributed by atoms with Crippen LogP contribution in [0, 0.1) is 6.92 Å². The Balaban J connectivity index is 1.39. The molecule has 0 aliphatic carbocycles. The lowest BCUT2D eigenvalue weighted by molar-refractivity contribution is -0.137. The van der Waals surface area contributed by atoms with Gasteiger partial charge in [-0.2, -0.15) is 0 Å². The van der Waals surface area contributed by atoms with Gasteiger partial charge in [0.15, 0.2) is 5.13 Å². The molecule has 0 aliphatic rings. The molecule has 0 saturated carbocycles. The molecule has 1 aromatic heterocycles. The van der Waals surface area contributed by atoms with Crippen molar-refractivity contribution in [2.24, 2.45) is 0 Å². The number of amides is 3. The van der Waals surface area contributed by atoms with Gasteiger partial charge in [0, 0.05) is 24.6 Å². The molecular formula is C29H28N4O4S. The highest BCUT2D eigenvalue weighted by Gasteiger charge is 2.20. The number of anilines is 2. The first kappa shape index (κ1) is 26.6. The van der Waals surface area contributed by atoms with Gasteiger partial charge >= 0.3 is 12.0 Å². The monoisotopic (exact) mass is 528 g/mol. The van der Waals surface area contributed by atoms with Crippen LogP contribution < -0.4 is 16.0 Å². The minimum Gasteiger partial charge on any atom is -0.481 e. The van der Waals surface area contributed by atoms with Crippen molar-refractivity contribution in [3.8, 4) is 10.4 Å². The van der Waals surface area contributed by atoms with Gasteiger partial charge in [0.2, 0.25) is 5.91 Å². The number of rotatable bonds is 10. The third-order valence-corrected chi connectivity index (χ3v) is 6.97. The summed E-state index contributed by atoms with van der Waals surface area (Å²) in [6.45, 7) is 2.27. The maximum Gasteiger partial charge on any atom is 0.321 e. The summed E-state index contributed by atoms with van der Waals surface area (Å²) in [6, 6.07) is 25.8. The number of nitrogens with zero attached hydrogens (tertiary/aromatic N) is 1. The molecule has 1 atom stereocenters. The lowest BCUT2D eigenvalue weighted by atomic mass is 9.92. The second kappa shape index (κ2) is 12.6. The van der Waals surface area contributed by atoms with Crippen LogP contribution in [0.4, 0.5) is 15.6 Å². The van der Waals surface area contributed by atoms with Crippen molar-refractivity contribution in [1.82, 2.24) is 10.3 Å². The van der Waals surface area contributed by atoms with Crippen molar-refractivity contribution in [2.75, 3.05) is 10.6 Å². The normalized spacial score (nSPS) is 11.4. The fourth-order valence-corrected chi connectivity index (χ4v) is 5.01. The van der Waals surface area contributed by atoms with Gasteiger partial charge < -0.3 is 15.7 Å². The summed E-state index contributed by atoms with van der Waals surface area (Å²) in [4.78, 5) is 41.9. The molecule has 3 amide bonds. The SMILES string of the molecule is Cc1nc(NC(=O)NCc2ccccc2)sc1-c1cccc(NC(=O)CC(CC(=O)O)c2ccccc2)c1. The Kier molecular flexibility index (Phi) is 8.84. The number of aryl methyl sites for hydroxylation is 1. The van der Waals surface area contributed by atoms with Crippen molar-refractivity contribution in [2.45, 2.75) is 32.2 Å². The number of hydrogen-bond donors (Lipinski definition) is 4. The van der Waals surface area contributed by atoms with Crippen LogP contribution in [0.25, 0.3) is 10.4 Å². The highest BCUT2D eigenvalue weighted by molar-refractivity contribution is 7.19. The molecule has 0 fully saturated rings.